The van der Waals surface area contributed by atoms with Crippen LogP contribution >= 0.6 is 0 Å². The molecule has 24 heavy (non-hydrogen) atoms. The summed E-state index contributed by atoms with van der Waals surface area (Å²) in [4.78, 5) is 15.0. The van der Waals surface area contributed by atoms with Crippen molar-refractivity contribution in [1.82, 2.24) is 20.0 Å². The Morgan fingerprint density at radius 3 is 3.04 bits per heavy atom. The molecule has 1 aromatic heterocycles. The maximum absolute atomic E-state index is 13.0. The van der Waals surface area contributed by atoms with Crippen LogP contribution in [0, 0.1) is 0 Å². The van der Waals surface area contributed by atoms with Gasteiger partial charge in [0.05, 0.1) is 25.4 Å². The Kier molecular flexibility index (Phi) is 3.98. The van der Waals surface area contributed by atoms with Gasteiger partial charge in [0, 0.05) is 25.2 Å². The Balaban J connectivity index is 1.62. The fourth-order valence-electron chi connectivity index (χ4n) is 3.72. The van der Waals surface area contributed by atoms with Crippen LogP contribution in [0.2, 0.25) is 0 Å². The van der Waals surface area contributed by atoms with Crippen molar-refractivity contribution in [3.63, 3.8) is 0 Å². The highest BCUT2D eigenvalue weighted by Crippen LogP contribution is 2.37. The largest absolute Gasteiger partial charge is 0.496 e. The molecule has 1 aromatic carbocycles. The van der Waals surface area contributed by atoms with Crippen LogP contribution in [0.25, 0.3) is 0 Å². The third kappa shape index (κ3) is 2.57. The molecular weight excluding hydrogens is 304 g/mol. The number of benzene rings is 1. The van der Waals surface area contributed by atoms with Crippen LogP contribution in [0.1, 0.15) is 40.6 Å². The van der Waals surface area contributed by atoms with Gasteiger partial charge in [-0.1, -0.05) is 18.2 Å². The number of carbonyl (C=O) groups is 1. The third-order valence-corrected chi connectivity index (χ3v) is 4.90. The fourth-order valence-corrected chi connectivity index (χ4v) is 3.72. The molecule has 0 saturated carbocycles. The molecule has 126 valence electrons. The van der Waals surface area contributed by atoms with Gasteiger partial charge in [-0.25, -0.2) is 0 Å². The number of aromatic nitrogens is 2. The molecule has 6 heteroatoms. The van der Waals surface area contributed by atoms with Gasteiger partial charge >= 0.3 is 0 Å². The van der Waals surface area contributed by atoms with Gasteiger partial charge in [-0.05, 0) is 25.0 Å². The van der Waals surface area contributed by atoms with Crippen molar-refractivity contribution in [2.45, 2.75) is 32.0 Å². The van der Waals surface area contributed by atoms with Gasteiger partial charge in [0.2, 0.25) is 0 Å². The quantitative estimate of drug-likeness (QED) is 0.937. The summed E-state index contributed by atoms with van der Waals surface area (Å²) in [5, 5.41) is 7.83. The standard InChI is InChI=1S/C18H22N4O2/c1-24-17-7-3-2-5-14(17)16-6-4-9-21(16)18(23)15-11-13-12-19-8-10-22(13)20-15/h2-3,5,7,11,16,19H,4,6,8-10,12H2,1H3. The lowest BCUT2D eigenvalue weighted by Crippen LogP contribution is -2.31. The number of hydrogen-bond acceptors (Lipinski definition) is 4. The Bertz CT molecular complexity index is 732. The van der Waals surface area contributed by atoms with Gasteiger partial charge in [-0.2, -0.15) is 5.10 Å². The molecule has 3 heterocycles. The van der Waals surface area contributed by atoms with E-state index in [2.05, 4.69) is 16.5 Å². The van der Waals surface area contributed by atoms with Crippen molar-refractivity contribution in [2.75, 3.05) is 20.2 Å². The molecular formula is C18H22N4O2. The molecule has 0 aliphatic carbocycles. The number of nitrogens with zero attached hydrogens (tertiary/aromatic N) is 3. The second-order valence-electron chi connectivity index (χ2n) is 6.32. The number of amides is 1. The van der Waals surface area contributed by atoms with E-state index < -0.39 is 0 Å². The van der Waals surface area contributed by atoms with Gasteiger partial charge < -0.3 is 15.0 Å². The highest BCUT2D eigenvalue weighted by Gasteiger charge is 2.33. The van der Waals surface area contributed by atoms with Gasteiger partial charge in [0.1, 0.15) is 5.75 Å². The number of hydrogen-bond donors (Lipinski definition) is 1. The molecule has 1 N–H and O–H groups in total. The summed E-state index contributed by atoms with van der Waals surface area (Å²) in [5.41, 5.74) is 2.71. The van der Waals surface area contributed by atoms with Gasteiger partial charge in [0.15, 0.2) is 5.69 Å². The molecule has 4 rings (SSSR count). The lowest BCUT2D eigenvalue weighted by molar-refractivity contribution is 0.0727. The maximum atomic E-state index is 13.0. The first-order valence-electron chi connectivity index (χ1n) is 8.49. The first-order valence-corrected chi connectivity index (χ1v) is 8.49. The molecule has 1 amide bonds. The minimum Gasteiger partial charge on any atom is -0.496 e. The number of methoxy groups -OCH3 is 1. The number of nitrogens with one attached hydrogen (secondary N) is 1. The summed E-state index contributed by atoms with van der Waals surface area (Å²) >= 11 is 0. The number of para-hydroxylation sites is 1. The lowest BCUT2D eigenvalue weighted by atomic mass is 10.0. The minimum atomic E-state index is 0.0188. The van der Waals surface area contributed by atoms with E-state index in [9.17, 15) is 4.79 Å². The van der Waals surface area contributed by atoms with E-state index >= 15 is 0 Å². The molecule has 2 aliphatic heterocycles. The smallest absolute Gasteiger partial charge is 0.274 e. The van der Waals surface area contributed by atoms with Gasteiger partial charge in [0.25, 0.3) is 5.91 Å². The molecule has 1 saturated heterocycles. The fraction of sp³-hybridized carbons (Fsp3) is 0.444. The predicted molar refractivity (Wildman–Crippen MR) is 89.9 cm³/mol. The zero-order valence-corrected chi connectivity index (χ0v) is 13.9. The van der Waals surface area contributed by atoms with Gasteiger partial charge in [-0.15, -0.1) is 0 Å². The highest BCUT2D eigenvalue weighted by atomic mass is 16.5. The van der Waals surface area contributed by atoms with E-state index in [1.807, 2.05) is 33.8 Å². The number of ether oxygens (including phenoxy) is 1. The summed E-state index contributed by atoms with van der Waals surface area (Å²) < 4.78 is 7.43. The van der Waals surface area contributed by atoms with Crippen LogP contribution in [0.3, 0.4) is 0 Å². The van der Waals surface area contributed by atoms with Crippen molar-refractivity contribution in [2.24, 2.45) is 0 Å². The predicted octanol–water partition coefficient (Wildman–Crippen LogP) is 1.97. The average molecular weight is 326 g/mol. The Morgan fingerprint density at radius 1 is 1.33 bits per heavy atom. The number of carbonyl (C=O) groups excluding carboxylic acids is 1. The molecule has 0 spiro atoms. The molecule has 2 aliphatic rings. The summed E-state index contributed by atoms with van der Waals surface area (Å²) in [6, 6.07) is 9.95. The topological polar surface area (TPSA) is 59.4 Å². The van der Waals surface area contributed by atoms with Crippen molar-refractivity contribution in [3.05, 3.63) is 47.3 Å². The Morgan fingerprint density at radius 2 is 2.21 bits per heavy atom. The zero-order valence-electron chi connectivity index (χ0n) is 13.9. The Hall–Kier alpha value is -2.34. The van der Waals surface area contributed by atoms with E-state index in [1.54, 1.807) is 7.11 Å². The highest BCUT2D eigenvalue weighted by molar-refractivity contribution is 5.93. The molecule has 0 radical (unpaired) electrons. The van der Waals surface area contributed by atoms with Crippen molar-refractivity contribution < 1.29 is 9.53 Å². The van der Waals surface area contributed by atoms with Crippen molar-refractivity contribution in [3.8, 4) is 5.75 Å². The van der Waals surface area contributed by atoms with Crippen LogP contribution in [0.5, 0.6) is 5.75 Å². The molecule has 1 atom stereocenters. The minimum absolute atomic E-state index is 0.0188. The SMILES string of the molecule is COc1ccccc1C1CCCN1C(=O)c1cc2n(n1)CCNC2. The molecule has 1 unspecified atom stereocenters. The van der Waals surface area contributed by atoms with E-state index in [0.717, 1.165) is 56.0 Å². The number of likely N-dealkylation sites (tertiary alicyclic amines) is 1. The monoisotopic (exact) mass is 326 g/mol. The van der Waals surface area contributed by atoms with Crippen LogP contribution in [0.4, 0.5) is 0 Å². The third-order valence-electron chi connectivity index (χ3n) is 4.90. The first-order chi connectivity index (χ1) is 11.8. The maximum Gasteiger partial charge on any atom is 0.274 e. The number of rotatable bonds is 3. The Labute approximate surface area is 141 Å². The zero-order chi connectivity index (χ0) is 16.5. The average Bonchev–Trinajstić information content (AvgIpc) is 3.27. The van der Waals surface area contributed by atoms with E-state index in [-0.39, 0.29) is 11.9 Å². The van der Waals surface area contributed by atoms with Crippen LogP contribution < -0.4 is 10.1 Å². The van der Waals surface area contributed by atoms with Crippen molar-refractivity contribution >= 4 is 5.91 Å². The first kappa shape index (κ1) is 15.2. The second-order valence-corrected chi connectivity index (χ2v) is 6.32. The van der Waals surface area contributed by atoms with E-state index in [4.69, 9.17) is 4.74 Å². The van der Waals surface area contributed by atoms with Crippen LogP contribution in [0.15, 0.2) is 30.3 Å². The van der Waals surface area contributed by atoms with Crippen LogP contribution in [-0.2, 0) is 13.1 Å². The summed E-state index contributed by atoms with van der Waals surface area (Å²) in [7, 11) is 1.68. The lowest BCUT2D eigenvalue weighted by Gasteiger charge is -2.25. The summed E-state index contributed by atoms with van der Waals surface area (Å²) in [6.45, 7) is 3.26. The van der Waals surface area contributed by atoms with E-state index in [0.29, 0.717) is 5.69 Å². The number of fused-ring (bicyclic) bond motifs is 1. The summed E-state index contributed by atoms with van der Waals surface area (Å²) in [6.07, 6.45) is 1.96. The summed E-state index contributed by atoms with van der Waals surface area (Å²) in [5.74, 6) is 0.862. The molecule has 6 nitrogen and oxygen atoms in total. The molecule has 0 bridgehead atoms. The van der Waals surface area contributed by atoms with E-state index in [1.165, 1.54) is 0 Å². The van der Waals surface area contributed by atoms with Gasteiger partial charge in [-0.3, -0.25) is 9.48 Å². The molecule has 1 fully saturated rings. The van der Waals surface area contributed by atoms with Crippen molar-refractivity contribution in [1.29, 1.82) is 0 Å². The second kappa shape index (κ2) is 6.28. The normalized spacial score (nSPS) is 20.0. The van der Waals surface area contributed by atoms with Crippen LogP contribution in [-0.4, -0.2) is 40.8 Å². The molecule has 2 aromatic rings.